The molecule has 0 spiro atoms. The second-order valence-electron chi connectivity index (χ2n) is 4.38. The van der Waals surface area contributed by atoms with Gasteiger partial charge in [-0.25, -0.2) is 4.39 Å². The number of rotatable bonds is 3. The highest BCUT2D eigenvalue weighted by atomic mass is 79.9. The summed E-state index contributed by atoms with van der Waals surface area (Å²) in [5.41, 5.74) is 2.09. The standard InChI is InChI=1S/C15H12BrCl2FO/c1-8-3-4-9(5-14(8)20-2)15(18)10-6-12(17)11(16)7-13(10)19/h3-7,15H,1-2H3. The summed E-state index contributed by atoms with van der Waals surface area (Å²) in [6.45, 7) is 1.93. The molecule has 5 heteroatoms. The van der Waals surface area contributed by atoms with Gasteiger partial charge in [0.2, 0.25) is 0 Å². The molecular weight excluding hydrogens is 366 g/mol. The van der Waals surface area contributed by atoms with Crippen LogP contribution in [-0.4, -0.2) is 7.11 Å². The second-order valence-corrected chi connectivity index (χ2v) is 6.08. The minimum Gasteiger partial charge on any atom is -0.496 e. The fourth-order valence-corrected chi connectivity index (χ4v) is 2.70. The van der Waals surface area contributed by atoms with Crippen LogP contribution in [0.1, 0.15) is 22.1 Å². The van der Waals surface area contributed by atoms with Crippen LogP contribution in [0.2, 0.25) is 5.02 Å². The maximum Gasteiger partial charge on any atom is 0.129 e. The van der Waals surface area contributed by atoms with Gasteiger partial charge in [-0.1, -0.05) is 23.7 Å². The highest BCUT2D eigenvalue weighted by Crippen LogP contribution is 2.36. The van der Waals surface area contributed by atoms with Gasteiger partial charge >= 0.3 is 0 Å². The maximum atomic E-state index is 14.0. The SMILES string of the molecule is COc1cc(C(Cl)c2cc(Cl)c(Br)cc2F)ccc1C. The lowest BCUT2D eigenvalue weighted by atomic mass is 10.0. The van der Waals surface area contributed by atoms with Crippen molar-refractivity contribution in [2.45, 2.75) is 12.3 Å². The molecule has 0 heterocycles. The van der Waals surface area contributed by atoms with E-state index in [0.29, 0.717) is 15.1 Å². The Labute approximate surface area is 135 Å². The summed E-state index contributed by atoms with van der Waals surface area (Å²) in [5.74, 6) is 0.317. The molecule has 0 aliphatic rings. The Hall–Kier alpha value is -0.770. The lowest BCUT2D eigenvalue weighted by molar-refractivity contribution is 0.411. The van der Waals surface area contributed by atoms with Crippen molar-refractivity contribution < 1.29 is 9.13 Å². The van der Waals surface area contributed by atoms with E-state index in [4.69, 9.17) is 27.9 Å². The summed E-state index contributed by atoms with van der Waals surface area (Å²) < 4.78 is 19.8. The summed E-state index contributed by atoms with van der Waals surface area (Å²) in [5, 5.41) is -0.207. The van der Waals surface area contributed by atoms with E-state index in [1.54, 1.807) is 7.11 Å². The van der Waals surface area contributed by atoms with Crippen molar-refractivity contribution in [3.63, 3.8) is 0 Å². The number of methoxy groups -OCH3 is 1. The zero-order valence-corrected chi connectivity index (χ0v) is 14.0. The van der Waals surface area contributed by atoms with Gasteiger partial charge < -0.3 is 4.74 Å². The van der Waals surface area contributed by atoms with Crippen LogP contribution in [0.15, 0.2) is 34.8 Å². The molecule has 20 heavy (non-hydrogen) atoms. The first-order chi connectivity index (χ1) is 9.43. The van der Waals surface area contributed by atoms with Crippen molar-refractivity contribution in [2.24, 2.45) is 0 Å². The molecule has 1 unspecified atom stereocenters. The summed E-state index contributed by atoms with van der Waals surface area (Å²) in [6, 6.07) is 8.40. The van der Waals surface area contributed by atoms with Gasteiger partial charge in [0.1, 0.15) is 11.6 Å². The Morgan fingerprint density at radius 2 is 1.95 bits per heavy atom. The topological polar surface area (TPSA) is 9.23 Å². The largest absolute Gasteiger partial charge is 0.496 e. The third-order valence-electron chi connectivity index (χ3n) is 3.04. The minimum atomic E-state index is -0.630. The highest BCUT2D eigenvalue weighted by Gasteiger charge is 2.18. The second kappa shape index (κ2) is 6.33. The Kier molecular flexibility index (Phi) is 4.95. The molecule has 0 saturated heterocycles. The lowest BCUT2D eigenvalue weighted by Crippen LogP contribution is -1.99. The molecule has 0 aromatic heterocycles. The summed E-state index contributed by atoms with van der Waals surface area (Å²) in [6.07, 6.45) is 0. The van der Waals surface area contributed by atoms with Crippen LogP contribution in [0.5, 0.6) is 5.75 Å². The molecule has 0 bridgehead atoms. The molecule has 1 atom stereocenters. The predicted octanol–water partition coefficient (Wildman–Crippen LogP) is 5.89. The predicted molar refractivity (Wildman–Crippen MR) is 84.5 cm³/mol. The molecular formula is C15H12BrCl2FO. The van der Waals surface area contributed by atoms with Crippen molar-refractivity contribution >= 4 is 39.1 Å². The monoisotopic (exact) mass is 376 g/mol. The third kappa shape index (κ3) is 3.11. The zero-order valence-electron chi connectivity index (χ0n) is 10.9. The van der Waals surface area contributed by atoms with E-state index in [1.807, 2.05) is 25.1 Å². The van der Waals surface area contributed by atoms with Crippen LogP contribution in [0.4, 0.5) is 4.39 Å². The minimum absolute atomic E-state index is 0.339. The Morgan fingerprint density at radius 1 is 1.25 bits per heavy atom. The molecule has 2 rings (SSSR count). The molecule has 0 saturated carbocycles. The van der Waals surface area contributed by atoms with Crippen LogP contribution < -0.4 is 4.74 Å². The van der Waals surface area contributed by atoms with Crippen LogP contribution in [0.25, 0.3) is 0 Å². The normalized spacial score (nSPS) is 12.3. The molecule has 1 nitrogen and oxygen atoms in total. The summed E-state index contributed by atoms with van der Waals surface area (Å²) in [7, 11) is 1.59. The van der Waals surface area contributed by atoms with E-state index in [-0.39, 0.29) is 0 Å². The lowest BCUT2D eigenvalue weighted by Gasteiger charge is -2.14. The van der Waals surface area contributed by atoms with Gasteiger partial charge in [-0.05, 0) is 52.2 Å². The Morgan fingerprint density at radius 3 is 2.60 bits per heavy atom. The molecule has 2 aromatic carbocycles. The van der Waals surface area contributed by atoms with Gasteiger partial charge in [-0.2, -0.15) is 0 Å². The van der Waals surface area contributed by atoms with Gasteiger partial charge in [0, 0.05) is 10.0 Å². The van der Waals surface area contributed by atoms with Crippen LogP contribution in [-0.2, 0) is 0 Å². The van der Waals surface area contributed by atoms with Crippen LogP contribution >= 0.6 is 39.1 Å². The number of alkyl halides is 1. The van der Waals surface area contributed by atoms with Crippen molar-refractivity contribution in [1.29, 1.82) is 0 Å². The molecule has 0 amide bonds. The number of ether oxygens (including phenoxy) is 1. The molecule has 0 radical (unpaired) electrons. The van der Waals surface area contributed by atoms with Gasteiger partial charge in [-0.15, -0.1) is 11.6 Å². The number of benzene rings is 2. The van der Waals surface area contributed by atoms with Crippen LogP contribution in [0, 0.1) is 12.7 Å². The maximum absolute atomic E-state index is 14.0. The molecule has 106 valence electrons. The number of hydrogen-bond donors (Lipinski definition) is 0. The Balaban J connectivity index is 2.46. The summed E-state index contributed by atoms with van der Waals surface area (Å²) >= 11 is 15.6. The average molecular weight is 378 g/mol. The van der Waals surface area contributed by atoms with Crippen molar-refractivity contribution in [3.05, 3.63) is 62.3 Å². The van der Waals surface area contributed by atoms with Gasteiger partial charge in [0.15, 0.2) is 0 Å². The van der Waals surface area contributed by atoms with E-state index < -0.39 is 11.2 Å². The average Bonchev–Trinajstić information content (AvgIpc) is 2.42. The number of halogens is 4. The fourth-order valence-electron chi connectivity index (χ4n) is 1.91. The van der Waals surface area contributed by atoms with Gasteiger partial charge in [-0.3, -0.25) is 0 Å². The zero-order chi connectivity index (χ0) is 14.9. The van der Waals surface area contributed by atoms with E-state index in [9.17, 15) is 4.39 Å². The van der Waals surface area contributed by atoms with E-state index >= 15 is 0 Å². The Bertz CT molecular complexity index is 646. The van der Waals surface area contributed by atoms with Crippen molar-refractivity contribution in [2.75, 3.05) is 7.11 Å². The van der Waals surface area contributed by atoms with E-state index in [1.165, 1.54) is 12.1 Å². The first-order valence-corrected chi connectivity index (χ1v) is 7.48. The van der Waals surface area contributed by atoms with Gasteiger partial charge in [0.25, 0.3) is 0 Å². The molecule has 0 aliphatic heterocycles. The van der Waals surface area contributed by atoms with Crippen LogP contribution in [0.3, 0.4) is 0 Å². The van der Waals surface area contributed by atoms with E-state index in [0.717, 1.165) is 16.9 Å². The van der Waals surface area contributed by atoms with Crippen molar-refractivity contribution in [3.8, 4) is 5.75 Å². The quantitative estimate of drug-likeness (QED) is 0.478. The first kappa shape index (κ1) is 15.6. The number of aryl methyl sites for hydroxylation is 1. The third-order valence-corrected chi connectivity index (χ3v) is 4.72. The fraction of sp³-hybridized carbons (Fsp3) is 0.200. The molecule has 0 aliphatic carbocycles. The molecule has 2 aromatic rings. The molecule has 0 N–H and O–H groups in total. The number of hydrogen-bond acceptors (Lipinski definition) is 1. The first-order valence-electron chi connectivity index (χ1n) is 5.87. The van der Waals surface area contributed by atoms with Gasteiger partial charge in [0.05, 0.1) is 17.5 Å². The van der Waals surface area contributed by atoms with E-state index in [2.05, 4.69) is 15.9 Å². The molecule has 0 fully saturated rings. The summed E-state index contributed by atoms with van der Waals surface area (Å²) in [4.78, 5) is 0. The highest BCUT2D eigenvalue weighted by molar-refractivity contribution is 9.10. The van der Waals surface area contributed by atoms with Crippen molar-refractivity contribution in [1.82, 2.24) is 0 Å². The smallest absolute Gasteiger partial charge is 0.129 e.